The molecule has 0 unspecified atom stereocenters. The van der Waals surface area contributed by atoms with E-state index in [-0.39, 0.29) is 29.5 Å². The molecular formula is C23H22FN5O2. The summed E-state index contributed by atoms with van der Waals surface area (Å²) in [4.78, 5) is 33.1. The van der Waals surface area contributed by atoms with Crippen LogP contribution in [0.2, 0.25) is 0 Å². The van der Waals surface area contributed by atoms with E-state index in [1.807, 2.05) is 26.0 Å². The van der Waals surface area contributed by atoms with Crippen LogP contribution >= 0.6 is 0 Å². The van der Waals surface area contributed by atoms with Crippen molar-refractivity contribution in [3.05, 3.63) is 77.5 Å². The third kappa shape index (κ3) is 4.37. The van der Waals surface area contributed by atoms with Gasteiger partial charge in [-0.05, 0) is 42.0 Å². The number of anilines is 3. The first-order valence-corrected chi connectivity index (χ1v) is 9.87. The summed E-state index contributed by atoms with van der Waals surface area (Å²) in [6, 6.07) is 11.6. The topological polar surface area (TPSA) is 96.0 Å². The first-order valence-electron chi connectivity index (χ1n) is 9.87. The Kier molecular flexibility index (Phi) is 5.37. The summed E-state index contributed by atoms with van der Waals surface area (Å²) in [6.45, 7) is 4.12. The van der Waals surface area contributed by atoms with E-state index in [4.69, 9.17) is 0 Å². The Labute approximate surface area is 179 Å². The maximum absolute atomic E-state index is 13.8. The molecule has 158 valence electrons. The minimum atomic E-state index is -0.434. The second-order valence-electron chi connectivity index (χ2n) is 8.01. The van der Waals surface area contributed by atoms with E-state index >= 15 is 0 Å². The molecular weight excluding hydrogens is 397 g/mol. The second-order valence-corrected chi connectivity index (χ2v) is 8.01. The summed E-state index contributed by atoms with van der Waals surface area (Å²) in [6.07, 6.45) is 3.46. The Morgan fingerprint density at radius 1 is 1.16 bits per heavy atom. The molecule has 3 aromatic rings. The lowest BCUT2D eigenvalue weighted by atomic mass is 9.78. The van der Waals surface area contributed by atoms with E-state index in [1.54, 1.807) is 24.4 Å². The average Bonchev–Trinajstić information content (AvgIpc) is 2.72. The van der Waals surface area contributed by atoms with Gasteiger partial charge in [0.25, 0.3) is 5.91 Å². The molecule has 0 aliphatic carbocycles. The van der Waals surface area contributed by atoms with Crippen LogP contribution in [0.3, 0.4) is 0 Å². The zero-order chi connectivity index (χ0) is 22.0. The number of amides is 2. The number of pyridine rings is 2. The first-order chi connectivity index (χ1) is 14.8. The lowest BCUT2D eigenvalue weighted by Gasteiger charge is -2.32. The number of hydrogen-bond acceptors (Lipinski definition) is 5. The van der Waals surface area contributed by atoms with E-state index in [1.165, 1.54) is 18.3 Å². The van der Waals surface area contributed by atoms with Crippen molar-refractivity contribution in [1.29, 1.82) is 0 Å². The van der Waals surface area contributed by atoms with Crippen LogP contribution in [0.15, 0.2) is 54.9 Å². The van der Waals surface area contributed by atoms with Crippen LogP contribution in [-0.4, -0.2) is 21.8 Å². The number of carbonyl (C=O) groups is 2. The Hall–Kier alpha value is -3.81. The SMILES string of the molecule is CC1(C)CC(=O)Nc2cc(NC(=O)c3cccnc3NCc3ncccc3F)ccc21. The third-order valence-electron chi connectivity index (χ3n) is 5.19. The third-order valence-corrected chi connectivity index (χ3v) is 5.19. The van der Waals surface area contributed by atoms with Crippen molar-refractivity contribution in [2.24, 2.45) is 0 Å². The van der Waals surface area contributed by atoms with Gasteiger partial charge in [0.2, 0.25) is 5.91 Å². The Bertz CT molecular complexity index is 1160. The standard InChI is InChI=1S/C23H22FN5O2/c1-23(2)12-20(30)29-18-11-14(7-8-16(18)23)28-22(31)15-5-3-10-26-21(15)27-13-19-17(24)6-4-9-25-19/h3-11H,12-13H2,1-2H3,(H,26,27)(H,28,31)(H,29,30). The Balaban J connectivity index is 1.53. The van der Waals surface area contributed by atoms with Gasteiger partial charge in [0.05, 0.1) is 17.8 Å². The molecule has 7 nitrogen and oxygen atoms in total. The molecule has 3 heterocycles. The summed E-state index contributed by atoms with van der Waals surface area (Å²) >= 11 is 0. The van der Waals surface area contributed by atoms with E-state index < -0.39 is 5.82 Å². The molecule has 4 rings (SSSR count). The number of benzene rings is 1. The molecule has 1 aliphatic heterocycles. The summed E-state index contributed by atoms with van der Waals surface area (Å²) < 4.78 is 13.8. The molecule has 0 atom stereocenters. The highest BCUT2D eigenvalue weighted by atomic mass is 19.1. The highest BCUT2D eigenvalue weighted by Crippen LogP contribution is 2.38. The lowest BCUT2D eigenvalue weighted by molar-refractivity contribution is -0.117. The quantitative estimate of drug-likeness (QED) is 0.579. The molecule has 0 bridgehead atoms. The maximum atomic E-state index is 13.8. The molecule has 1 aliphatic rings. The predicted octanol–water partition coefficient (Wildman–Crippen LogP) is 4.10. The Morgan fingerprint density at radius 2 is 1.94 bits per heavy atom. The fraction of sp³-hybridized carbons (Fsp3) is 0.217. The number of fused-ring (bicyclic) bond motifs is 1. The summed E-state index contributed by atoms with van der Waals surface area (Å²) in [5.41, 5.74) is 2.52. The van der Waals surface area contributed by atoms with E-state index in [9.17, 15) is 14.0 Å². The molecule has 0 spiro atoms. The monoisotopic (exact) mass is 419 g/mol. The molecule has 3 N–H and O–H groups in total. The van der Waals surface area contributed by atoms with Gasteiger partial charge in [0.15, 0.2) is 0 Å². The van der Waals surface area contributed by atoms with Gasteiger partial charge in [-0.15, -0.1) is 0 Å². The van der Waals surface area contributed by atoms with Crippen molar-refractivity contribution in [3.63, 3.8) is 0 Å². The number of carbonyl (C=O) groups excluding carboxylic acids is 2. The van der Waals surface area contributed by atoms with Crippen molar-refractivity contribution in [3.8, 4) is 0 Å². The first kappa shape index (κ1) is 20.5. The van der Waals surface area contributed by atoms with Crippen LogP contribution < -0.4 is 16.0 Å². The smallest absolute Gasteiger partial charge is 0.259 e. The van der Waals surface area contributed by atoms with Gasteiger partial charge in [0, 0.05) is 35.6 Å². The van der Waals surface area contributed by atoms with E-state index in [0.29, 0.717) is 29.2 Å². The van der Waals surface area contributed by atoms with Crippen LogP contribution in [0.5, 0.6) is 0 Å². The predicted molar refractivity (Wildman–Crippen MR) is 116 cm³/mol. The average molecular weight is 419 g/mol. The molecule has 1 aromatic carbocycles. The fourth-order valence-corrected chi connectivity index (χ4v) is 3.65. The van der Waals surface area contributed by atoms with Crippen LogP contribution in [0.1, 0.15) is 41.9 Å². The van der Waals surface area contributed by atoms with E-state index in [2.05, 4.69) is 25.9 Å². The van der Waals surface area contributed by atoms with Gasteiger partial charge in [-0.2, -0.15) is 0 Å². The largest absolute Gasteiger partial charge is 0.364 e. The number of aromatic nitrogens is 2. The van der Waals surface area contributed by atoms with Crippen LogP contribution in [-0.2, 0) is 16.8 Å². The summed E-state index contributed by atoms with van der Waals surface area (Å²) in [5, 5.41) is 8.68. The molecule has 2 amide bonds. The van der Waals surface area contributed by atoms with Crippen molar-refractivity contribution >= 4 is 29.0 Å². The summed E-state index contributed by atoms with van der Waals surface area (Å²) in [5.74, 6) is -0.548. The highest BCUT2D eigenvalue weighted by Gasteiger charge is 2.32. The molecule has 0 fully saturated rings. The molecule has 31 heavy (non-hydrogen) atoms. The zero-order valence-electron chi connectivity index (χ0n) is 17.2. The summed E-state index contributed by atoms with van der Waals surface area (Å²) in [7, 11) is 0. The minimum Gasteiger partial charge on any atom is -0.364 e. The number of rotatable bonds is 5. The van der Waals surface area contributed by atoms with E-state index in [0.717, 1.165) is 5.56 Å². The van der Waals surface area contributed by atoms with Crippen LogP contribution in [0.25, 0.3) is 0 Å². The normalized spacial score (nSPS) is 14.4. The molecule has 8 heteroatoms. The van der Waals surface area contributed by atoms with Crippen molar-refractivity contribution < 1.29 is 14.0 Å². The molecule has 2 aromatic heterocycles. The van der Waals surface area contributed by atoms with Gasteiger partial charge in [-0.25, -0.2) is 9.37 Å². The molecule has 0 radical (unpaired) electrons. The number of hydrogen-bond donors (Lipinski definition) is 3. The van der Waals surface area contributed by atoms with Gasteiger partial charge >= 0.3 is 0 Å². The van der Waals surface area contributed by atoms with Crippen molar-refractivity contribution in [1.82, 2.24) is 9.97 Å². The van der Waals surface area contributed by atoms with Gasteiger partial charge in [0.1, 0.15) is 11.6 Å². The lowest BCUT2D eigenvalue weighted by Crippen LogP contribution is -2.32. The minimum absolute atomic E-state index is 0.0542. The van der Waals surface area contributed by atoms with Crippen LogP contribution in [0.4, 0.5) is 21.6 Å². The van der Waals surface area contributed by atoms with Gasteiger partial charge in [-0.1, -0.05) is 19.9 Å². The van der Waals surface area contributed by atoms with Gasteiger partial charge < -0.3 is 16.0 Å². The number of nitrogens with zero attached hydrogens (tertiary/aromatic N) is 2. The van der Waals surface area contributed by atoms with Crippen LogP contribution in [0, 0.1) is 5.82 Å². The molecule has 0 saturated carbocycles. The Morgan fingerprint density at radius 3 is 2.74 bits per heavy atom. The fourth-order valence-electron chi connectivity index (χ4n) is 3.65. The van der Waals surface area contributed by atoms with Crippen molar-refractivity contribution in [2.75, 3.05) is 16.0 Å². The number of nitrogens with one attached hydrogen (secondary N) is 3. The van der Waals surface area contributed by atoms with Gasteiger partial charge in [-0.3, -0.25) is 14.6 Å². The maximum Gasteiger partial charge on any atom is 0.259 e. The highest BCUT2D eigenvalue weighted by molar-refractivity contribution is 6.08. The van der Waals surface area contributed by atoms with Crippen molar-refractivity contribution in [2.45, 2.75) is 32.2 Å². The molecule has 0 saturated heterocycles. The second kappa shape index (κ2) is 8.14. The number of halogens is 1. The zero-order valence-corrected chi connectivity index (χ0v) is 17.2.